The maximum absolute atomic E-state index is 10.1. The molecule has 3 heterocycles. The Labute approximate surface area is 200 Å². The standard InChI is InChI=1S/C25H31N5S2/c1-20(2)25(19-28,24-8-7-22(16-27)32-24)10-4-12-29-14-9-21(17-29)30(13-5-11-26)18-23-6-3-15-31-23/h3,6-8,15,20-21H,4-5,9-10,12-14,17-18H2,1-2H3. The lowest BCUT2D eigenvalue weighted by molar-refractivity contribution is 0.187. The Kier molecular flexibility index (Phi) is 8.85. The molecule has 2 aromatic heterocycles. The van der Waals surface area contributed by atoms with E-state index >= 15 is 0 Å². The molecule has 1 fully saturated rings. The Hall–Kier alpha value is -2.21. The van der Waals surface area contributed by atoms with Crippen LogP contribution in [0.5, 0.6) is 0 Å². The number of rotatable bonds is 11. The number of likely N-dealkylation sites (tertiary alicyclic amines) is 1. The lowest BCUT2D eigenvalue weighted by Crippen LogP contribution is -2.38. The van der Waals surface area contributed by atoms with Crippen molar-refractivity contribution < 1.29 is 0 Å². The van der Waals surface area contributed by atoms with Gasteiger partial charge in [-0.1, -0.05) is 19.9 Å². The molecule has 0 N–H and O–H groups in total. The van der Waals surface area contributed by atoms with Gasteiger partial charge in [-0.15, -0.1) is 22.7 Å². The third kappa shape index (κ3) is 5.77. The Balaban J connectivity index is 1.58. The molecular formula is C25H31N5S2. The fourth-order valence-corrected chi connectivity index (χ4v) is 6.51. The van der Waals surface area contributed by atoms with Crippen LogP contribution in [0.15, 0.2) is 29.6 Å². The van der Waals surface area contributed by atoms with E-state index in [4.69, 9.17) is 5.26 Å². The SMILES string of the molecule is CC(C)C(C#N)(CCCN1CCC(N(CCC#N)Cc2cccs2)C1)c1ccc(C#N)s1. The van der Waals surface area contributed by atoms with Crippen molar-refractivity contribution in [1.82, 2.24) is 9.80 Å². The van der Waals surface area contributed by atoms with E-state index in [1.165, 1.54) is 16.2 Å². The molecule has 0 spiro atoms. The highest BCUT2D eigenvalue weighted by Gasteiger charge is 2.37. The van der Waals surface area contributed by atoms with Crippen LogP contribution in [0.4, 0.5) is 0 Å². The molecule has 2 atom stereocenters. The van der Waals surface area contributed by atoms with Gasteiger partial charge in [0.15, 0.2) is 0 Å². The van der Waals surface area contributed by atoms with Gasteiger partial charge in [-0.25, -0.2) is 0 Å². The van der Waals surface area contributed by atoms with Crippen molar-refractivity contribution in [3.63, 3.8) is 0 Å². The first-order chi connectivity index (χ1) is 15.5. The van der Waals surface area contributed by atoms with Gasteiger partial charge < -0.3 is 4.90 Å². The number of hydrogen-bond acceptors (Lipinski definition) is 7. The van der Waals surface area contributed by atoms with Gasteiger partial charge in [0.25, 0.3) is 0 Å². The summed E-state index contributed by atoms with van der Waals surface area (Å²) < 4.78 is 0. The van der Waals surface area contributed by atoms with Gasteiger partial charge in [0.1, 0.15) is 10.9 Å². The minimum absolute atomic E-state index is 0.191. The number of hydrogen-bond donors (Lipinski definition) is 0. The topological polar surface area (TPSA) is 77.8 Å². The summed E-state index contributed by atoms with van der Waals surface area (Å²) in [7, 11) is 0. The molecule has 7 heteroatoms. The average molecular weight is 466 g/mol. The highest BCUT2D eigenvalue weighted by Crippen LogP contribution is 2.40. The van der Waals surface area contributed by atoms with E-state index in [0.29, 0.717) is 17.3 Å². The van der Waals surface area contributed by atoms with Crippen molar-refractivity contribution in [3.05, 3.63) is 44.3 Å². The predicted molar refractivity (Wildman–Crippen MR) is 130 cm³/mol. The second kappa shape index (κ2) is 11.6. The predicted octanol–water partition coefficient (Wildman–Crippen LogP) is 5.37. The zero-order chi connectivity index (χ0) is 23.0. The quantitative estimate of drug-likeness (QED) is 0.446. The second-order valence-electron chi connectivity index (χ2n) is 8.82. The summed E-state index contributed by atoms with van der Waals surface area (Å²) in [5.74, 6) is 0.191. The summed E-state index contributed by atoms with van der Waals surface area (Å²) in [5, 5.41) is 30.5. The van der Waals surface area contributed by atoms with E-state index in [2.05, 4.69) is 59.4 Å². The van der Waals surface area contributed by atoms with Gasteiger partial charge in [0, 0.05) is 41.9 Å². The highest BCUT2D eigenvalue weighted by atomic mass is 32.1. The molecule has 3 rings (SSSR count). The van der Waals surface area contributed by atoms with Crippen molar-refractivity contribution in [2.75, 3.05) is 26.2 Å². The van der Waals surface area contributed by atoms with Crippen molar-refractivity contribution >= 4 is 22.7 Å². The van der Waals surface area contributed by atoms with E-state index in [1.807, 2.05) is 12.1 Å². The van der Waals surface area contributed by atoms with Crippen LogP contribution >= 0.6 is 22.7 Å². The Bertz CT molecular complexity index is 975. The van der Waals surface area contributed by atoms with Crippen LogP contribution in [0.25, 0.3) is 0 Å². The fraction of sp³-hybridized carbons (Fsp3) is 0.560. The lowest BCUT2D eigenvalue weighted by Gasteiger charge is -2.31. The monoisotopic (exact) mass is 465 g/mol. The van der Waals surface area contributed by atoms with Gasteiger partial charge in [0.05, 0.1) is 17.6 Å². The van der Waals surface area contributed by atoms with Gasteiger partial charge in [0.2, 0.25) is 0 Å². The van der Waals surface area contributed by atoms with Crippen molar-refractivity contribution in [3.8, 4) is 18.2 Å². The van der Waals surface area contributed by atoms with E-state index in [-0.39, 0.29) is 5.92 Å². The van der Waals surface area contributed by atoms with Crippen LogP contribution in [0.3, 0.4) is 0 Å². The second-order valence-corrected chi connectivity index (χ2v) is 10.9. The van der Waals surface area contributed by atoms with Crippen molar-refractivity contribution in [2.24, 2.45) is 5.92 Å². The zero-order valence-electron chi connectivity index (χ0n) is 19.0. The minimum Gasteiger partial charge on any atom is -0.302 e. The molecule has 1 saturated heterocycles. The van der Waals surface area contributed by atoms with E-state index < -0.39 is 5.41 Å². The minimum atomic E-state index is -0.531. The molecular weight excluding hydrogens is 434 g/mol. The molecule has 2 unspecified atom stereocenters. The molecule has 32 heavy (non-hydrogen) atoms. The zero-order valence-corrected chi connectivity index (χ0v) is 20.6. The van der Waals surface area contributed by atoms with Crippen LogP contribution in [0.2, 0.25) is 0 Å². The molecule has 0 aromatic carbocycles. The van der Waals surface area contributed by atoms with Crippen LogP contribution in [-0.4, -0.2) is 42.0 Å². The third-order valence-electron chi connectivity index (χ3n) is 6.60. The highest BCUT2D eigenvalue weighted by molar-refractivity contribution is 7.12. The van der Waals surface area contributed by atoms with E-state index in [0.717, 1.165) is 56.9 Å². The molecule has 0 radical (unpaired) electrons. The summed E-state index contributed by atoms with van der Waals surface area (Å²) in [6.07, 6.45) is 3.45. The summed E-state index contributed by atoms with van der Waals surface area (Å²) in [5.41, 5.74) is -0.531. The number of nitrogens with zero attached hydrogens (tertiary/aromatic N) is 5. The number of nitriles is 3. The van der Waals surface area contributed by atoms with Gasteiger partial charge in [-0.05, 0) is 61.8 Å². The maximum Gasteiger partial charge on any atom is 0.110 e. The summed E-state index contributed by atoms with van der Waals surface area (Å²) in [4.78, 5) is 8.02. The van der Waals surface area contributed by atoms with Crippen LogP contribution in [0.1, 0.15) is 54.2 Å². The van der Waals surface area contributed by atoms with Crippen molar-refractivity contribution in [1.29, 1.82) is 15.8 Å². The molecule has 0 aliphatic carbocycles. The lowest BCUT2D eigenvalue weighted by atomic mass is 9.73. The smallest absolute Gasteiger partial charge is 0.110 e. The summed E-state index contributed by atoms with van der Waals surface area (Å²) >= 11 is 3.24. The van der Waals surface area contributed by atoms with Crippen LogP contribution < -0.4 is 0 Å². The summed E-state index contributed by atoms with van der Waals surface area (Å²) in [6, 6.07) is 15.7. The Morgan fingerprint density at radius 3 is 2.72 bits per heavy atom. The van der Waals surface area contributed by atoms with Crippen molar-refractivity contribution in [2.45, 2.75) is 57.5 Å². The molecule has 1 aliphatic rings. The molecule has 0 bridgehead atoms. The molecule has 168 valence electrons. The Morgan fingerprint density at radius 1 is 1.25 bits per heavy atom. The van der Waals surface area contributed by atoms with Gasteiger partial charge in [-0.2, -0.15) is 15.8 Å². The third-order valence-corrected chi connectivity index (χ3v) is 8.63. The van der Waals surface area contributed by atoms with Crippen LogP contribution in [-0.2, 0) is 12.0 Å². The maximum atomic E-state index is 10.1. The summed E-state index contributed by atoms with van der Waals surface area (Å²) in [6.45, 7) is 9.03. The van der Waals surface area contributed by atoms with Gasteiger partial charge >= 0.3 is 0 Å². The normalized spacial score (nSPS) is 18.3. The van der Waals surface area contributed by atoms with Crippen LogP contribution in [0, 0.1) is 39.9 Å². The first-order valence-corrected chi connectivity index (χ1v) is 13.0. The van der Waals surface area contributed by atoms with E-state index in [1.54, 1.807) is 11.3 Å². The fourth-order valence-electron chi connectivity index (χ4n) is 4.66. The molecule has 0 amide bonds. The molecule has 2 aromatic rings. The first-order valence-electron chi connectivity index (χ1n) is 11.3. The largest absolute Gasteiger partial charge is 0.302 e. The number of thiophene rings is 2. The average Bonchev–Trinajstić information content (AvgIpc) is 3.56. The van der Waals surface area contributed by atoms with Gasteiger partial charge in [-0.3, -0.25) is 4.90 Å². The molecule has 1 aliphatic heterocycles. The Morgan fingerprint density at radius 2 is 2.09 bits per heavy atom. The molecule has 0 saturated carbocycles. The van der Waals surface area contributed by atoms with E-state index in [9.17, 15) is 10.5 Å². The first kappa shape index (κ1) is 24.4. The molecule has 5 nitrogen and oxygen atoms in total.